The Hall–Kier alpha value is -1.36. The maximum atomic E-state index is 12.5. The number of aromatic nitrogens is 2. The SMILES string of the molecule is CN=C(NCCN1CCCC(C)C1)N1CCN(c2cnn(C)c2)C(=O)C1.I. The molecule has 2 saturated heterocycles. The minimum Gasteiger partial charge on any atom is -0.355 e. The van der Waals surface area contributed by atoms with Gasteiger partial charge in [0.2, 0.25) is 5.91 Å². The smallest absolute Gasteiger partial charge is 0.246 e. The first-order valence-corrected chi connectivity index (χ1v) is 9.54. The van der Waals surface area contributed by atoms with Gasteiger partial charge in [-0.25, -0.2) is 0 Å². The fraction of sp³-hybridized carbons (Fsp3) is 0.722. The Balaban J connectivity index is 0.00000261. The molecule has 1 aromatic rings. The van der Waals surface area contributed by atoms with Gasteiger partial charge in [-0.2, -0.15) is 5.10 Å². The predicted molar refractivity (Wildman–Crippen MR) is 119 cm³/mol. The summed E-state index contributed by atoms with van der Waals surface area (Å²) < 4.78 is 1.72. The fourth-order valence-corrected chi connectivity index (χ4v) is 3.82. The van der Waals surface area contributed by atoms with Crippen LogP contribution in [0.2, 0.25) is 0 Å². The van der Waals surface area contributed by atoms with Crippen molar-refractivity contribution in [2.75, 3.05) is 57.8 Å². The van der Waals surface area contributed by atoms with E-state index in [2.05, 4.69) is 27.2 Å². The molecule has 0 radical (unpaired) electrons. The molecule has 9 heteroatoms. The molecule has 8 nitrogen and oxygen atoms in total. The van der Waals surface area contributed by atoms with Crippen LogP contribution in [0, 0.1) is 5.92 Å². The van der Waals surface area contributed by atoms with E-state index in [1.165, 1.54) is 25.9 Å². The van der Waals surface area contributed by atoms with Crippen molar-refractivity contribution < 1.29 is 4.79 Å². The molecule has 0 spiro atoms. The van der Waals surface area contributed by atoms with Crippen LogP contribution in [-0.4, -0.2) is 84.3 Å². The maximum absolute atomic E-state index is 12.5. The third-order valence-corrected chi connectivity index (χ3v) is 5.19. The van der Waals surface area contributed by atoms with E-state index in [0.29, 0.717) is 13.1 Å². The molecular formula is C18H32IN7O. The highest BCUT2D eigenvalue weighted by molar-refractivity contribution is 14.0. The molecule has 2 aliphatic rings. The molecule has 1 aromatic heterocycles. The number of aryl methyl sites for hydroxylation is 1. The van der Waals surface area contributed by atoms with Gasteiger partial charge in [0.05, 0.1) is 11.9 Å². The van der Waals surface area contributed by atoms with E-state index in [0.717, 1.165) is 37.2 Å². The second-order valence-corrected chi connectivity index (χ2v) is 7.36. The van der Waals surface area contributed by atoms with Crippen molar-refractivity contribution in [2.24, 2.45) is 18.0 Å². The Morgan fingerprint density at radius 2 is 2.19 bits per heavy atom. The molecule has 0 saturated carbocycles. The second kappa shape index (κ2) is 10.3. The molecule has 1 N–H and O–H groups in total. The number of hydrogen-bond acceptors (Lipinski definition) is 4. The van der Waals surface area contributed by atoms with E-state index in [1.807, 2.05) is 18.1 Å². The van der Waals surface area contributed by atoms with Crippen molar-refractivity contribution >= 4 is 41.5 Å². The van der Waals surface area contributed by atoms with E-state index in [1.54, 1.807) is 22.8 Å². The first-order chi connectivity index (χ1) is 12.6. The lowest BCUT2D eigenvalue weighted by Gasteiger charge is -2.36. The first kappa shape index (κ1) is 21.9. The summed E-state index contributed by atoms with van der Waals surface area (Å²) in [4.78, 5) is 23.3. The van der Waals surface area contributed by atoms with Gasteiger partial charge in [-0.1, -0.05) is 6.92 Å². The molecule has 1 atom stereocenters. The van der Waals surface area contributed by atoms with Crippen molar-refractivity contribution in [1.29, 1.82) is 0 Å². The first-order valence-electron chi connectivity index (χ1n) is 9.54. The number of amides is 1. The Morgan fingerprint density at radius 1 is 1.37 bits per heavy atom. The Kier molecular flexibility index (Phi) is 8.33. The number of hydrogen-bond donors (Lipinski definition) is 1. The fourth-order valence-electron chi connectivity index (χ4n) is 3.82. The topological polar surface area (TPSA) is 69.0 Å². The van der Waals surface area contributed by atoms with E-state index in [4.69, 9.17) is 0 Å². The summed E-state index contributed by atoms with van der Waals surface area (Å²) in [5, 5.41) is 7.58. The number of likely N-dealkylation sites (tertiary alicyclic amines) is 1. The van der Waals surface area contributed by atoms with Gasteiger partial charge in [0, 0.05) is 53.0 Å². The molecular weight excluding hydrogens is 457 g/mol. The molecule has 3 rings (SSSR count). The van der Waals surface area contributed by atoms with Crippen LogP contribution in [0.15, 0.2) is 17.4 Å². The molecule has 27 heavy (non-hydrogen) atoms. The zero-order valence-corrected chi connectivity index (χ0v) is 18.9. The second-order valence-electron chi connectivity index (χ2n) is 7.36. The summed E-state index contributed by atoms with van der Waals surface area (Å²) in [5.41, 5.74) is 0.860. The third-order valence-electron chi connectivity index (χ3n) is 5.19. The molecule has 2 aliphatic heterocycles. The number of nitrogens with one attached hydrogen (secondary N) is 1. The van der Waals surface area contributed by atoms with Crippen LogP contribution < -0.4 is 10.2 Å². The summed E-state index contributed by atoms with van der Waals surface area (Å²) in [6, 6.07) is 0. The van der Waals surface area contributed by atoms with E-state index < -0.39 is 0 Å². The highest BCUT2D eigenvalue weighted by Gasteiger charge is 2.27. The number of rotatable bonds is 4. The number of guanidine groups is 1. The quantitative estimate of drug-likeness (QED) is 0.388. The molecule has 1 unspecified atom stereocenters. The summed E-state index contributed by atoms with van der Waals surface area (Å²) in [6.07, 6.45) is 6.25. The molecule has 1 amide bonds. The van der Waals surface area contributed by atoms with Gasteiger partial charge < -0.3 is 20.0 Å². The predicted octanol–water partition coefficient (Wildman–Crippen LogP) is 0.994. The third kappa shape index (κ3) is 5.81. The maximum Gasteiger partial charge on any atom is 0.246 e. The van der Waals surface area contributed by atoms with Crippen molar-refractivity contribution in [3.05, 3.63) is 12.4 Å². The van der Waals surface area contributed by atoms with E-state index in [9.17, 15) is 4.79 Å². The number of carbonyl (C=O) groups is 1. The number of anilines is 1. The van der Waals surface area contributed by atoms with Crippen LogP contribution in [0.1, 0.15) is 19.8 Å². The molecule has 0 aromatic carbocycles. The van der Waals surface area contributed by atoms with Crippen molar-refractivity contribution in [3.63, 3.8) is 0 Å². The number of nitrogens with zero attached hydrogens (tertiary/aromatic N) is 6. The zero-order chi connectivity index (χ0) is 18.5. The largest absolute Gasteiger partial charge is 0.355 e. The Labute approximate surface area is 179 Å². The lowest BCUT2D eigenvalue weighted by atomic mass is 10.0. The van der Waals surface area contributed by atoms with Gasteiger partial charge in [0.1, 0.15) is 6.54 Å². The van der Waals surface area contributed by atoms with E-state index in [-0.39, 0.29) is 29.9 Å². The Bertz CT molecular complexity index is 647. The van der Waals surface area contributed by atoms with Crippen molar-refractivity contribution in [2.45, 2.75) is 19.8 Å². The minimum absolute atomic E-state index is 0. The van der Waals surface area contributed by atoms with Crippen LogP contribution in [0.5, 0.6) is 0 Å². The van der Waals surface area contributed by atoms with Gasteiger partial charge >= 0.3 is 0 Å². The molecule has 0 bridgehead atoms. The van der Waals surface area contributed by atoms with Crippen LogP contribution in [0.25, 0.3) is 0 Å². The van der Waals surface area contributed by atoms with Gasteiger partial charge in [0.15, 0.2) is 5.96 Å². The molecule has 3 heterocycles. The average molecular weight is 489 g/mol. The summed E-state index contributed by atoms with van der Waals surface area (Å²) >= 11 is 0. The van der Waals surface area contributed by atoms with Gasteiger partial charge in [-0.3, -0.25) is 14.5 Å². The monoisotopic (exact) mass is 489 g/mol. The minimum atomic E-state index is 0. The Morgan fingerprint density at radius 3 is 2.81 bits per heavy atom. The van der Waals surface area contributed by atoms with E-state index >= 15 is 0 Å². The van der Waals surface area contributed by atoms with Crippen LogP contribution in [-0.2, 0) is 11.8 Å². The average Bonchev–Trinajstić information content (AvgIpc) is 3.05. The zero-order valence-electron chi connectivity index (χ0n) is 16.6. The van der Waals surface area contributed by atoms with Gasteiger partial charge in [-0.05, 0) is 25.3 Å². The number of carbonyl (C=O) groups excluding carboxylic acids is 1. The van der Waals surface area contributed by atoms with Crippen molar-refractivity contribution in [1.82, 2.24) is 24.9 Å². The van der Waals surface area contributed by atoms with Crippen LogP contribution >= 0.6 is 24.0 Å². The van der Waals surface area contributed by atoms with Gasteiger partial charge in [-0.15, -0.1) is 24.0 Å². The number of halogens is 1. The van der Waals surface area contributed by atoms with Crippen LogP contribution in [0.3, 0.4) is 0 Å². The summed E-state index contributed by atoms with van der Waals surface area (Å²) in [5.74, 6) is 1.69. The van der Waals surface area contributed by atoms with Crippen molar-refractivity contribution in [3.8, 4) is 0 Å². The summed E-state index contributed by atoms with van der Waals surface area (Å²) in [7, 11) is 3.64. The number of aliphatic imine (C=N–C) groups is 1. The van der Waals surface area contributed by atoms with Crippen LogP contribution in [0.4, 0.5) is 5.69 Å². The normalized spacial score (nSPS) is 22.0. The summed E-state index contributed by atoms with van der Waals surface area (Å²) in [6.45, 7) is 8.33. The molecule has 152 valence electrons. The highest BCUT2D eigenvalue weighted by atomic mass is 127. The lowest BCUT2D eigenvalue weighted by Crippen LogP contribution is -2.56. The standard InChI is InChI=1S/C18H31N7O.HI/c1-15-5-4-7-23(12-15)8-6-20-18(19-2)24-9-10-25(17(26)14-24)16-11-21-22(3)13-16;/h11,13,15H,4-10,12,14H2,1-3H3,(H,19,20);1H. The van der Waals surface area contributed by atoms with Gasteiger partial charge in [0.25, 0.3) is 0 Å². The molecule has 0 aliphatic carbocycles. The highest BCUT2D eigenvalue weighted by Crippen LogP contribution is 2.16. The molecule has 2 fully saturated rings. The number of piperazine rings is 1. The lowest BCUT2D eigenvalue weighted by molar-refractivity contribution is -0.120. The number of piperidine rings is 1.